The number of nitrogens with zero attached hydrogens (tertiary/aromatic N) is 4. The highest BCUT2D eigenvalue weighted by Gasteiger charge is 2.33. The van der Waals surface area contributed by atoms with Crippen LogP contribution in [0.5, 0.6) is 0 Å². The van der Waals surface area contributed by atoms with E-state index in [1.807, 2.05) is 65.5 Å². The van der Waals surface area contributed by atoms with Gasteiger partial charge in [0, 0.05) is 42.6 Å². The van der Waals surface area contributed by atoms with Gasteiger partial charge in [-0.2, -0.15) is 0 Å². The van der Waals surface area contributed by atoms with Crippen molar-refractivity contribution in [3.05, 3.63) is 89.9 Å². The Morgan fingerprint density at radius 3 is 2.17 bits per heavy atom. The molecule has 246 valence electrons. The number of benzene rings is 1. The number of H-pyrrole nitrogens is 2. The van der Waals surface area contributed by atoms with Gasteiger partial charge in [-0.15, -0.1) is 0 Å². The minimum absolute atomic E-state index is 0.00510. The van der Waals surface area contributed by atoms with Gasteiger partial charge in [-0.05, 0) is 68.2 Å². The third-order valence-electron chi connectivity index (χ3n) is 8.81. The van der Waals surface area contributed by atoms with Crippen molar-refractivity contribution in [1.82, 2.24) is 29.7 Å². The minimum Gasteiger partial charge on any atom is -0.340 e. The van der Waals surface area contributed by atoms with Crippen LogP contribution in [0, 0.1) is 23.7 Å². The predicted molar refractivity (Wildman–Crippen MR) is 188 cm³/mol. The van der Waals surface area contributed by atoms with Gasteiger partial charge in [0.2, 0.25) is 11.8 Å². The summed E-state index contributed by atoms with van der Waals surface area (Å²) in [6.45, 7) is 15.9. The molecule has 2 aromatic heterocycles. The monoisotopic (exact) mass is 632 g/mol. The van der Waals surface area contributed by atoms with E-state index in [1.54, 1.807) is 6.08 Å². The second-order valence-electron chi connectivity index (χ2n) is 13.4. The number of imidazole rings is 2. The summed E-state index contributed by atoms with van der Waals surface area (Å²) in [5, 5.41) is 0. The molecule has 2 amide bonds. The van der Waals surface area contributed by atoms with Crippen molar-refractivity contribution in [2.75, 3.05) is 13.1 Å². The van der Waals surface area contributed by atoms with Crippen LogP contribution in [0.15, 0.2) is 67.0 Å². The van der Waals surface area contributed by atoms with E-state index >= 15 is 0 Å². The molecule has 3 aromatic rings. The van der Waals surface area contributed by atoms with Gasteiger partial charge in [0.25, 0.3) is 0 Å². The lowest BCUT2D eigenvalue weighted by atomic mass is 10.1. The Balaban J connectivity index is 1.29. The number of rotatable bonds is 10. The average molecular weight is 633 g/mol. The van der Waals surface area contributed by atoms with Crippen molar-refractivity contribution >= 4 is 17.4 Å². The lowest BCUT2D eigenvalue weighted by molar-refractivity contribution is -0.133. The predicted octanol–water partition coefficient (Wildman–Crippen LogP) is 7.79. The summed E-state index contributed by atoms with van der Waals surface area (Å²) < 4.78 is 0. The van der Waals surface area contributed by atoms with E-state index < -0.39 is 0 Å². The Kier molecular flexibility index (Phi) is 11.0. The first-order valence-corrected chi connectivity index (χ1v) is 17.0. The Bertz CT molecular complexity index is 1710. The molecule has 0 radical (unpaired) electrons. The van der Waals surface area contributed by atoms with Gasteiger partial charge in [0.1, 0.15) is 11.6 Å². The molecule has 2 fully saturated rings. The number of carbonyl (C=O) groups excluding carboxylic acids is 2. The molecule has 1 aromatic carbocycles. The van der Waals surface area contributed by atoms with Crippen LogP contribution >= 0.6 is 0 Å². The smallest absolute Gasteiger partial charge is 0.223 e. The Morgan fingerprint density at radius 1 is 0.957 bits per heavy atom. The van der Waals surface area contributed by atoms with Crippen LogP contribution < -0.4 is 0 Å². The van der Waals surface area contributed by atoms with E-state index in [-0.39, 0.29) is 23.9 Å². The molecular weight excluding hydrogens is 584 g/mol. The zero-order chi connectivity index (χ0) is 33.5. The number of hydrogen-bond acceptors (Lipinski definition) is 4. The van der Waals surface area contributed by atoms with Crippen LogP contribution in [-0.4, -0.2) is 54.6 Å². The quantitative estimate of drug-likeness (QED) is 0.176. The highest BCUT2D eigenvalue weighted by Crippen LogP contribution is 2.34. The third kappa shape index (κ3) is 8.21. The van der Waals surface area contributed by atoms with Crippen LogP contribution in [-0.2, 0) is 9.59 Å². The van der Waals surface area contributed by atoms with Crippen LogP contribution in [0.2, 0.25) is 0 Å². The van der Waals surface area contributed by atoms with Crippen LogP contribution in [0.1, 0.15) is 108 Å². The zero-order valence-corrected chi connectivity index (χ0v) is 28.5. The molecule has 2 saturated heterocycles. The standard InChI is InChI=1S/C39H48N6O2/c1-7-28(22-30(8-2)32-24-40-38(42-32)34-14-10-18-44(34)36(46)20-26(3)4)16-17-29-12-9-13-31(23-29)33-25-41-39(43-33)35-15-11-19-45(35)37(47)21-27(5)6/h7-9,12-13,22-27,34-35H,1,10-11,14-15,18-21H2,2-6H3,(H,40,42)(H,41,43)/b28-22+,30-8+/t34-,35-/m0/s1. The first-order chi connectivity index (χ1) is 22.7. The summed E-state index contributed by atoms with van der Waals surface area (Å²) in [5.74, 6) is 9.31. The average Bonchev–Trinajstić information content (AvgIpc) is 3.87. The van der Waals surface area contributed by atoms with Gasteiger partial charge in [-0.25, -0.2) is 9.97 Å². The van der Waals surface area contributed by atoms with Crippen molar-refractivity contribution in [2.24, 2.45) is 11.8 Å². The summed E-state index contributed by atoms with van der Waals surface area (Å²) in [4.78, 5) is 46.0. The molecule has 5 rings (SSSR count). The van der Waals surface area contributed by atoms with E-state index in [0.717, 1.165) is 84.1 Å². The number of hydrogen-bond donors (Lipinski definition) is 2. The van der Waals surface area contributed by atoms with Crippen molar-refractivity contribution in [3.63, 3.8) is 0 Å². The molecule has 0 spiro atoms. The molecule has 2 aliphatic rings. The maximum atomic E-state index is 12.8. The summed E-state index contributed by atoms with van der Waals surface area (Å²) >= 11 is 0. The summed E-state index contributed by atoms with van der Waals surface area (Å²) in [6, 6.07) is 8.05. The fraction of sp³-hybridized carbons (Fsp3) is 0.436. The first-order valence-electron chi connectivity index (χ1n) is 17.0. The summed E-state index contributed by atoms with van der Waals surface area (Å²) in [5.41, 5.74) is 5.40. The van der Waals surface area contributed by atoms with Gasteiger partial charge >= 0.3 is 0 Å². The highest BCUT2D eigenvalue weighted by molar-refractivity contribution is 5.78. The maximum Gasteiger partial charge on any atom is 0.223 e. The van der Waals surface area contributed by atoms with E-state index in [0.29, 0.717) is 24.7 Å². The zero-order valence-electron chi connectivity index (χ0n) is 28.5. The Hall–Kier alpha value is -4.64. The SMILES string of the molecule is C=C/C(C#Cc1cccc(-c2cnc([C@@H]3CCCN3C(=O)CC(C)C)[nH]2)c1)=C\C(=C/C)c1cnc([C@@H]2CCCN2C(=O)CC(C)C)[nH]1. The molecule has 8 nitrogen and oxygen atoms in total. The number of aromatic nitrogens is 4. The number of allylic oxidation sites excluding steroid dienone is 5. The normalized spacial score (nSPS) is 18.6. The van der Waals surface area contributed by atoms with E-state index in [2.05, 4.69) is 66.1 Å². The Morgan fingerprint density at radius 2 is 1.57 bits per heavy atom. The van der Waals surface area contributed by atoms with Crippen molar-refractivity contribution in [2.45, 2.75) is 85.2 Å². The number of nitrogens with one attached hydrogen (secondary N) is 2. The molecule has 47 heavy (non-hydrogen) atoms. The van der Waals surface area contributed by atoms with Crippen LogP contribution in [0.25, 0.3) is 16.8 Å². The molecule has 2 N–H and O–H groups in total. The van der Waals surface area contributed by atoms with Gasteiger partial charge in [-0.1, -0.05) is 70.4 Å². The molecule has 0 aliphatic carbocycles. The van der Waals surface area contributed by atoms with E-state index in [9.17, 15) is 9.59 Å². The third-order valence-corrected chi connectivity index (χ3v) is 8.81. The van der Waals surface area contributed by atoms with Gasteiger partial charge < -0.3 is 19.8 Å². The molecule has 2 aliphatic heterocycles. The molecular formula is C39H48N6O2. The van der Waals surface area contributed by atoms with Crippen LogP contribution in [0.4, 0.5) is 0 Å². The second-order valence-corrected chi connectivity index (χ2v) is 13.4. The Labute approximate surface area is 279 Å². The fourth-order valence-electron chi connectivity index (χ4n) is 6.48. The van der Waals surface area contributed by atoms with Crippen molar-refractivity contribution in [3.8, 4) is 23.1 Å². The van der Waals surface area contributed by atoms with Gasteiger partial charge in [-0.3, -0.25) is 9.59 Å². The van der Waals surface area contributed by atoms with Gasteiger partial charge in [0.05, 0.1) is 35.9 Å². The summed E-state index contributed by atoms with van der Waals surface area (Å²) in [6.07, 6.45) is 14.4. The van der Waals surface area contributed by atoms with Crippen molar-refractivity contribution in [1.29, 1.82) is 0 Å². The molecule has 8 heteroatoms. The maximum absolute atomic E-state index is 12.8. The minimum atomic E-state index is -0.0153. The van der Waals surface area contributed by atoms with Crippen LogP contribution in [0.3, 0.4) is 0 Å². The number of amides is 2. The number of aromatic amines is 2. The topological polar surface area (TPSA) is 98.0 Å². The number of carbonyl (C=O) groups is 2. The second kappa shape index (κ2) is 15.3. The molecule has 4 heterocycles. The molecule has 0 unspecified atom stereocenters. The summed E-state index contributed by atoms with van der Waals surface area (Å²) in [7, 11) is 0. The van der Waals surface area contributed by atoms with Gasteiger partial charge in [0.15, 0.2) is 0 Å². The molecule has 0 saturated carbocycles. The van der Waals surface area contributed by atoms with Crippen molar-refractivity contribution < 1.29 is 9.59 Å². The number of likely N-dealkylation sites (tertiary alicyclic amines) is 2. The fourth-order valence-corrected chi connectivity index (χ4v) is 6.48. The van der Waals surface area contributed by atoms with E-state index in [1.165, 1.54) is 0 Å². The lowest BCUT2D eigenvalue weighted by Crippen LogP contribution is -2.31. The molecule has 2 atom stereocenters. The highest BCUT2D eigenvalue weighted by atomic mass is 16.2. The molecule has 0 bridgehead atoms. The largest absolute Gasteiger partial charge is 0.340 e. The van der Waals surface area contributed by atoms with E-state index in [4.69, 9.17) is 0 Å². The first kappa shape index (κ1) is 33.7. The lowest BCUT2D eigenvalue weighted by Gasteiger charge is -2.24.